The lowest BCUT2D eigenvalue weighted by molar-refractivity contribution is 0.307. The third-order valence-electron chi connectivity index (χ3n) is 4.31. The second kappa shape index (κ2) is 10.3. The van der Waals surface area contributed by atoms with Gasteiger partial charge >= 0.3 is 0 Å². The molecular weight excluding hydrogens is 458 g/mol. The molecule has 0 amide bonds. The Labute approximate surface area is 183 Å². The summed E-state index contributed by atoms with van der Waals surface area (Å²) in [4.78, 5) is 0. The zero-order chi connectivity index (χ0) is 19.9. The average molecular weight is 481 g/mol. The number of rotatable bonds is 9. The van der Waals surface area contributed by atoms with Gasteiger partial charge in [0.2, 0.25) is 0 Å². The van der Waals surface area contributed by atoms with Crippen molar-refractivity contribution >= 4 is 39.3 Å². The Morgan fingerprint density at radius 1 is 1.18 bits per heavy atom. The first-order valence-electron chi connectivity index (χ1n) is 9.25. The van der Waals surface area contributed by atoms with Gasteiger partial charge in [0, 0.05) is 28.2 Å². The lowest BCUT2D eigenvalue weighted by atomic mass is 10.2. The Bertz CT molecular complexity index is 932. The molecule has 1 heterocycles. The van der Waals surface area contributed by atoms with Crippen molar-refractivity contribution in [3.8, 4) is 5.75 Å². The highest BCUT2D eigenvalue weighted by atomic mass is 79.9. The van der Waals surface area contributed by atoms with Crippen LogP contribution in [0.1, 0.15) is 30.3 Å². The number of halogens is 2. The summed E-state index contributed by atoms with van der Waals surface area (Å²) in [7, 11) is 0. The van der Waals surface area contributed by atoms with Crippen molar-refractivity contribution in [1.82, 2.24) is 14.8 Å². The van der Waals surface area contributed by atoms with Crippen LogP contribution in [-0.4, -0.2) is 21.4 Å². The summed E-state index contributed by atoms with van der Waals surface area (Å²) in [5, 5.41) is 10.5. The monoisotopic (exact) mass is 479 g/mol. The van der Waals surface area contributed by atoms with Crippen LogP contribution in [0, 0.1) is 6.92 Å². The van der Waals surface area contributed by atoms with E-state index < -0.39 is 0 Å². The van der Waals surface area contributed by atoms with E-state index in [1.807, 2.05) is 31.2 Å². The van der Waals surface area contributed by atoms with E-state index in [4.69, 9.17) is 16.3 Å². The van der Waals surface area contributed by atoms with E-state index in [1.165, 1.54) is 5.56 Å². The molecule has 0 spiro atoms. The number of aryl methyl sites for hydroxylation is 2. The molecule has 0 aliphatic rings. The van der Waals surface area contributed by atoms with Gasteiger partial charge in [-0.2, -0.15) is 0 Å². The highest BCUT2D eigenvalue weighted by Crippen LogP contribution is 2.24. The first-order valence-corrected chi connectivity index (χ1v) is 11.4. The predicted octanol–water partition coefficient (Wildman–Crippen LogP) is 6.33. The third-order valence-corrected chi connectivity index (χ3v) is 6.07. The summed E-state index contributed by atoms with van der Waals surface area (Å²) >= 11 is 11.2. The van der Waals surface area contributed by atoms with Gasteiger partial charge in [-0.15, -0.1) is 10.2 Å². The van der Waals surface area contributed by atoms with Crippen molar-refractivity contribution < 1.29 is 4.74 Å². The Hall–Kier alpha value is -1.50. The first-order chi connectivity index (χ1) is 13.6. The Morgan fingerprint density at radius 2 is 2.04 bits per heavy atom. The molecule has 0 saturated carbocycles. The van der Waals surface area contributed by atoms with Gasteiger partial charge in [-0.25, -0.2) is 0 Å². The average Bonchev–Trinajstić information content (AvgIpc) is 3.07. The summed E-state index contributed by atoms with van der Waals surface area (Å²) in [6.07, 6.45) is 1.72. The van der Waals surface area contributed by atoms with E-state index in [0.717, 1.165) is 56.9 Å². The van der Waals surface area contributed by atoms with E-state index >= 15 is 0 Å². The highest BCUT2D eigenvalue weighted by Gasteiger charge is 2.11. The number of benzene rings is 2. The topological polar surface area (TPSA) is 39.9 Å². The minimum Gasteiger partial charge on any atom is -0.493 e. The van der Waals surface area contributed by atoms with Crippen LogP contribution in [0.15, 0.2) is 52.1 Å². The second-order valence-electron chi connectivity index (χ2n) is 6.42. The van der Waals surface area contributed by atoms with Crippen LogP contribution in [0.3, 0.4) is 0 Å². The number of nitrogens with zero attached hydrogens (tertiary/aromatic N) is 3. The van der Waals surface area contributed by atoms with Crippen LogP contribution >= 0.6 is 39.3 Å². The molecule has 28 heavy (non-hydrogen) atoms. The van der Waals surface area contributed by atoms with Gasteiger partial charge in [0.25, 0.3) is 0 Å². The van der Waals surface area contributed by atoms with Gasteiger partial charge in [0.15, 0.2) is 5.16 Å². The Morgan fingerprint density at radius 3 is 2.79 bits per heavy atom. The molecule has 4 nitrogen and oxygen atoms in total. The van der Waals surface area contributed by atoms with Crippen LogP contribution < -0.4 is 4.74 Å². The second-order valence-corrected chi connectivity index (χ2v) is 8.72. The van der Waals surface area contributed by atoms with E-state index in [2.05, 4.69) is 55.8 Å². The van der Waals surface area contributed by atoms with Crippen LogP contribution in [-0.2, 0) is 18.7 Å². The normalized spacial score (nSPS) is 11.0. The van der Waals surface area contributed by atoms with Crippen LogP contribution in [0.25, 0.3) is 0 Å². The van der Waals surface area contributed by atoms with E-state index in [9.17, 15) is 0 Å². The van der Waals surface area contributed by atoms with Crippen molar-refractivity contribution in [3.05, 3.63) is 68.9 Å². The molecule has 0 fully saturated rings. The summed E-state index contributed by atoms with van der Waals surface area (Å²) in [6.45, 7) is 5.63. The molecule has 1 aromatic heterocycles. The lowest BCUT2D eigenvalue weighted by Gasteiger charge is -2.10. The van der Waals surface area contributed by atoms with Gasteiger partial charge in [-0.1, -0.05) is 51.4 Å². The molecule has 3 rings (SSSR count). The minimum atomic E-state index is 0.638. The first kappa shape index (κ1) is 21.2. The summed E-state index contributed by atoms with van der Waals surface area (Å²) in [5.41, 5.74) is 2.31. The molecule has 7 heteroatoms. The number of hydrogen-bond acceptors (Lipinski definition) is 4. The molecule has 0 bridgehead atoms. The van der Waals surface area contributed by atoms with Gasteiger partial charge in [0.05, 0.1) is 6.61 Å². The number of aromatic nitrogens is 3. The molecule has 0 radical (unpaired) electrons. The molecule has 0 saturated heterocycles. The van der Waals surface area contributed by atoms with Crippen molar-refractivity contribution in [3.63, 3.8) is 0 Å². The quantitative estimate of drug-likeness (QED) is 0.265. The fourth-order valence-electron chi connectivity index (χ4n) is 2.89. The Balaban J connectivity index is 1.53. The largest absolute Gasteiger partial charge is 0.493 e. The zero-order valence-electron chi connectivity index (χ0n) is 16.0. The van der Waals surface area contributed by atoms with E-state index in [1.54, 1.807) is 11.8 Å². The van der Waals surface area contributed by atoms with Gasteiger partial charge < -0.3 is 9.30 Å². The molecule has 148 valence electrons. The Kier molecular flexibility index (Phi) is 7.82. The molecule has 3 aromatic rings. The van der Waals surface area contributed by atoms with Gasteiger partial charge in [-0.3, -0.25) is 0 Å². The zero-order valence-corrected chi connectivity index (χ0v) is 19.1. The van der Waals surface area contributed by atoms with Crippen molar-refractivity contribution in [1.29, 1.82) is 0 Å². The third kappa shape index (κ3) is 5.75. The molecule has 0 unspecified atom stereocenters. The smallest absolute Gasteiger partial charge is 0.191 e. The summed E-state index contributed by atoms with van der Waals surface area (Å²) in [5.74, 6) is 2.76. The van der Waals surface area contributed by atoms with E-state index in [-0.39, 0.29) is 0 Å². The van der Waals surface area contributed by atoms with Crippen LogP contribution in [0.2, 0.25) is 5.02 Å². The van der Waals surface area contributed by atoms with E-state index in [0.29, 0.717) is 6.61 Å². The molecule has 2 aromatic carbocycles. The fourth-order valence-corrected chi connectivity index (χ4v) is 4.53. The lowest BCUT2D eigenvalue weighted by Crippen LogP contribution is -2.06. The molecular formula is C21H23BrClN3OS. The number of hydrogen-bond donors (Lipinski definition) is 0. The van der Waals surface area contributed by atoms with Gasteiger partial charge in [0.1, 0.15) is 11.6 Å². The highest BCUT2D eigenvalue weighted by molar-refractivity contribution is 9.10. The molecule has 0 atom stereocenters. The maximum absolute atomic E-state index is 5.99. The van der Waals surface area contributed by atoms with Crippen LogP contribution in [0.5, 0.6) is 5.75 Å². The standard InChI is InChI=1S/C21H23BrClN3OS/c1-3-26-20(8-5-11-27-19-10-9-18(23)12-15(19)2)24-25-21(26)28-14-16-6-4-7-17(22)13-16/h4,6-7,9-10,12-13H,3,5,8,11,14H2,1-2H3. The molecule has 0 aliphatic carbocycles. The molecule has 0 N–H and O–H groups in total. The number of ether oxygens (including phenoxy) is 1. The van der Waals surface area contributed by atoms with Crippen molar-refractivity contribution in [2.45, 2.75) is 44.1 Å². The SMILES string of the molecule is CCn1c(CCCOc2ccc(Cl)cc2C)nnc1SCc1cccc(Br)c1. The van der Waals surface area contributed by atoms with Gasteiger partial charge in [-0.05, 0) is 61.7 Å². The fraction of sp³-hybridized carbons (Fsp3) is 0.333. The summed E-state index contributed by atoms with van der Waals surface area (Å²) < 4.78 is 9.17. The minimum absolute atomic E-state index is 0.638. The van der Waals surface area contributed by atoms with Crippen LogP contribution in [0.4, 0.5) is 0 Å². The predicted molar refractivity (Wildman–Crippen MR) is 119 cm³/mol. The number of thioether (sulfide) groups is 1. The molecule has 0 aliphatic heterocycles. The maximum Gasteiger partial charge on any atom is 0.191 e. The van der Waals surface area contributed by atoms with Crippen molar-refractivity contribution in [2.24, 2.45) is 0 Å². The van der Waals surface area contributed by atoms with Crippen molar-refractivity contribution in [2.75, 3.05) is 6.61 Å². The maximum atomic E-state index is 5.99. The summed E-state index contributed by atoms with van der Waals surface area (Å²) in [6, 6.07) is 14.0.